The van der Waals surface area contributed by atoms with Crippen molar-refractivity contribution in [3.63, 3.8) is 0 Å². The first-order valence-corrected chi connectivity index (χ1v) is 11.0. The smallest absolute Gasteiger partial charge is 0.306 e. The van der Waals surface area contributed by atoms with Crippen LogP contribution in [0.5, 0.6) is 5.75 Å². The van der Waals surface area contributed by atoms with Gasteiger partial charge in [0.15, 0.2) is 11.6 Å². The lowest BCUT2D eigenvalue weighted by molar-refractivity contribution is -0.144. The number of nitrogens with zero attached hydrogens (tertiary/aromatic N) is 1. The first-order valence-electron chi connectivity index (χ1n) is 9.81. The maximum atomic E-state index is 14.0. The summed E-state index contributed by atoms with van der Waals surface area (Å²) >= 11 is 6.59. The minimum absolute atomic E-state index is 0.145. The van der Waals surface area contributed by atoms with Crippen LogP contribution in [-0.2, 0) is 9.59 Å². The van der Waals surface area contributed by atoms with Crippen LogP contribution in [0, 0.1) is 11.7 Å². The number of carboxylic acids is 1. The van der Waals surface area contributed by atoms with Gasteiger partial charge in [-0.2, -0.15) is 0 Å². The predicted molar refractivity (Wildman–Crippen MR) is 119 cm³/mol. The summed E-state index contributed by atoms with van der Waals surface area (Å²) in [5, 5.41) is 9.32. The summed E-state index contributed by atoms with van der Waals surface area (Å²) in [6.45, 7) is 0. The van der Waals surface area contributed by atoms with Crippen molar-refractivity contribution >= 4 is 46.3 Å². The van der Waals surface area contributed by atoms with Gasteiger partial charge in [0.1, 0.15) is 15.8 Å². The van der Waals surface area contributed by atoms with E-state index in [1.54, 1.807) is 29.2 Å². The second-order valence-electron chi connectivity index (χ2n) is 7.46. The minimum atomic E-state index is -0.830. The number of carboxylic acid groups (broad SMARTS) is 1. The fourth-order valence-electron chi connectivity index (χ4n) is 3.95. The van der Waals surface area contributed by atoms with E-state index in [1.165, 1.54) is 31.0 Å². The largest absolute Gasteiger partial charge is 0.494 e. The molecule has 2 aliphatic rings. The van der Waals surface area contributed by atoms with Crippen molar-refractivity contribution < 1.29 is 28.2 Å². The molecule has 2 unspecified atom stereocenters. The third kappa shape index (κ3) is 4.38. The number of hydrogen-bond donors (Lipinski definition) is 1. The van der Waals surface area contributed by atoms with Crippen LogP contribution in [0.1, 0.15) is 31.4 Å². The Labute approximate surface area is 188 Å². The average molecular weight is 462 g/mol. The number of halogens is 1. The molecule has 1 aromatic carbocycles. The Balaban J connectivity index is 1.52. The molecule has 1 aliphatic heterocycles. The van der Waals surface area contributed by atoms with Gasteiger partial charge in [0.2, 0.25) is 0 Å². The molecule has 2 aromatic rings. The van der Waals surface area contributed by atoms with Gasteiger partial charge in [0, 0.05) is 17.7 Å². The molecule has 2 atom stereocenters. The number of methoxy groups -OCH3 is 1. The lowest BCUT2D eigenvalue weighted by Gasteiger charge is -2.32. The van der Waals surface area contributed by atoms with Crippen molar-refractivity contribution in [1.82, 2.24) is 4.90 Å². The van der Waals surface area contributed by atoms with Crippen molar-refractivity contribution in [1.29, 1.82) is 0 Å². The van der Waals surface area contributed by atoms with Crippen LogP contribution in [0.2, 0.25) is 0 Å². The normalized spacial score (nSPS) is 22.9. The molecule has 2 heterocycles. The summed E-state index contributed by atoms with van der Waals surface area (Å²) < 4.78 is 25.1. The molecule has 9 heteroatoms. The van der Waals surface area contributed by atoms with Gasteiger partial charge in [-0.05, 0) is 49.6 Å². The van der Waals surface area contributed by atoms with Crippen molar-refractivity contribution in [3.05, 3.63) is 46.8 Å². The van der Waals surface area contributed by atoms with Crippen LogP contribution in [0.4, 0.5) is 4.39 Å². The SMILES string of the molecule is COc1ccc(-c2ccc(/C=C3/SC(=S)N(C4CCCC(C(=O)O)C4)C3=O)o2)cc1F. The number of carbonyl (C=O) groups excluding carboxylic acids is 1. The first-order chi connectivity index (χ1) is 14.9. The second-order valence-corrected chi connectivity index (χ2v) is 9.13. The number of benzene rings is 1. The number of carbonyl (C=O) groups is 2. The number of aliphatic carboxylic acids is 1. The van der Waals surface area contributed by atoms with Crippen molar-refractivity contribution in [2.24, 2.45) is 5.92 Å². The highest BCUT2D eigenvalue weighted by atomic mass is 32.2. The topological polar surface area (TPSA) is 80.0 Å². The highest BCUT2D eigenvalue weighted by Crippen LogP contribution is 2.39. The summed E-state index contributed by atoms with van der Waals surface area (Å²) in [5.41, 5.74) is 0.549. The zero-order valence-electron chi connectivity index (χ0n) is 16.7. The Bertz CT molecular complexity index is 1080. The Kier molecular flexibility index (Phi) is 6.15. The molecule has 1 amide bonds. The third-order valence-corrected chi connectivity index (χ3v) is 6.85. The molecule has 31 heavy (non-hydrogen) atoms. The molecule has 1 aliphatic carbocycles. The second kappa shape index (κ2) is 8.84. The van der Waals surface area contributed by atoms with E-state index in [-0.39, 0.29) is 17.7 Å². The number of rotatable bonds is 5. The van der Waals surface area contributed by atoms with E-state index in [0.717, 1.165) is 12.8 Å². The number of thiocarbonyl (C=S) groups is 1. The average Bonchev–Trinajstić information content (AvgIpc) is 3.32. The number of ether oxygens (including phenoxy) is 1. The van der Waals surface area contributed by atoms with Gasteiger partial charge in [0.05, 0.1) is 17.9 Å². The van der Waals surface area contributed by atoms with Crippen LogP contribution in [-0.4, -0.2) is 39.4 Å². The molecular weight excluding hydrogens is 441 g/mol. The number of furan rings is 1. The summed E-state index contributed by atoms with van der Waals surface area (Å²) in [6.07, 6.45) is 4.12. The fraction of sp³-hybridized carbons (Fsp3) is 0.318. The minimum Gasteiger partial charge on any atom is -0.494 e. The molecule has 0 bridgehead atoms. The van der Waals surface area contributed by atoms with Crippen LogP contribution in [0.25, 0.3) is 17.4 Å². The fourth-order valence-corrected chi connectivity index (χ4v) is 5.33. The molecule has 1 saturated carbocycles. The lowest BCUT2D eigenvalue weighted by Crippen LogP contribution is -2.42. The van der Waals surface area contributed by atoms with Gasteiger partial charge in [-0.25, -0.2) is 4.39 Å². The lowest BCUT2D eigenvalue weighted by atomic mass is 9.85. The van der Waals surface area contributed by atoms with Crippen LogP contribution >= 0.6 is 24.0 Å². The van der Waals surface area contributed by atoms with Crippen molar-refractivity contribution in [2.75, 3.05) is 7.11 Å². The van der Waals surface area contributed by atoms with E-state index in [4.69, 9.17) is 21.4 Å². The van der Waals surface area contributed by atoms with Crippen molar-refractivity contribution in [3.8, 4) is 17.1 Å². The van der Waals surface area contributed by atoms with Gasteiger partial charge >= 0.3 is 5.97 Å². The zero-order chi connectivity index (χ0) is 22.1. The van der Waals surface area contributed by atoms with Crippen LogP contribution in [0.3, 0.4) is 0 Å². The molecule has 162 valence electrons. The van der Waals surface area contributed by atoms with E-state index in [2.05, 4.69) is 0 Å². The number of thioether (sulfide) groups is 1. The molecule has 1 aromatic heterocycles. The Hall–Kier alpha value is -2.65. The molecule has 4 rings (SSSR count). The third-order valence-electron chi connectivity index (χ3n) is 5.52. The molecule has 0 radical (unpaired) electrons. The summed E-state index contributed by atoms with van der Waals surface area (Å²) in [5.74, 6) is -0.968. The van der Waals surface area contributed by atoms with E-state index in [0.29, 0.717) is 39.2 Å². The standard InChI is InChI=1S/C22H20FNO5S2/c1-28-18-7-5-12(10-16(18)23)17-8-6-15(29-17)11-19-20(25)24(22(30)31-19)14-4-2-3-13(9-14)21(26)27/h5-8,10-11,13-14H,2-4,9H2,1H3,(H,26,27)/b19-11+. The Morgan fingerprint density at radius 3 is 2.87 bits per heavy atom. The molecule has 1 saturated heterocycles. The summed E-state index contributed by atoms with van der Waals surface area (Å²) in [4.78, 5) is 26.3. The van der Waals surface area contributed by atoms with Gasteiger partial charge in [0.25, 0.3) is 5.91 Å². The van der Waals surface area contributed by atoms with Gasteiger partial charge in [-0.3, -0.25) is 14.5 Å². The van der Waals surface area contributed by atoms with Gasteiger partial charge in [-0.1, -0.05) is 30.4 Å². The quantitative estimate of drug-likeness (QED) is 0.499. The Morgan fingerprint density at radius 2 is 2.16 bits per heavy atom. The summed E-state index contributed by atoms with van der Waals surface area (Å²) in [6, 6.07) is 7.72. The number of amides is 1. The summed E-state index contributed by atoms with van der Waals surface area (Å²) in [7, 11) is 1.40. The Morgan fingerprint density at radius 1 is 1.35 bits per heavy atom. The molecule has 6 nitrogen and oxygen atoms in total. The van der Waals surface area contributed by atoms with Crippen molar-refractivity contribution in [2.45, 2.75) is 31.7 Å². The predicted octanol–water partition coefficient (Wildman–Crippen LogP) is 4.94. The van der Waals surface area contributed by atoms with E-state index in [9.17, 15) is 19.1 Å². The molecular formula is C22H20FNO5S2. The maximum absolute atomic E-state index is 14.0. The highest BCUT2D eigenvalue weighted by molar-refractivity contribution is 8.26. The highest BCUT2D eigenvalue weighted by Gasteiger charge is 2.40. The van der Waals surface area contributed by atoms with Crippen LogP contribution in [0.15, 0.2) is 39.7 Å². The zero-order valence-corrected chi connectivity index (χ0v) is 18.3. The van der Waals surface area contributed by atoms with E-state index in [1.807, 2.05) is 0 Å². The monoisotopic (exact) mass is 461 g/mol. The molecule has 0 spiro atoms. The van der Waals surface area contributed by atoms with Gasteiger partial charge in [-0.15, -0.1) is 0 Å². The van der Waals surface area contributed by atoms with Gasteiger partial charge < -0.3 is 14.3 Å². The molecule has 1 N–H and O–H groups in total. The molecule has 2 fully saturated rings. The maximum Gasteiger partial charge on any atom is 0.306 e. The van der Waals surface area contributed by atoms with Crippen LogP contribution < -0.4 is 4.74 Å². The van der Waals surface area contributed by atoms with E-state index >= 15 is 0 Å². The van der Waals surface area contributed by atoms with E-state index < -0.39 is 17.7 Å². The number of hydrogen-bond acceptors (Lipinski definition) is 6. The first kappa shape index (κ1) is 21.6.